The molecule has 0 aliphatic carbocycles. The van der Waals surface area contributed by atoms with Crippen molar-refractivity contribution in [2.75, 3.05) is 52.5 Å². The van der Waals surface area contributed by atoms with Crippen molar-refractivity contribution in [1.29, 1.82) is 0 Å². The van der Waals surface area contributed by atoms with Gasteiger partial charge in [-0.1, -0.05) is 30.3 Å². The molecule has 4 N–H and O–H groups in total. The number of ether oxygens (including phenoxy) is 9. The summed E-state index contributed by atoms with van der Waals surface area (Å²) >= 11 is 0. The number of nitrogens with zero attached hydrogens (tertiary/aromatic N) is 2. The molecule has 1 aromatic carbocycles. The number of furan rings is 2. The van der Waals surface area contributed by atoms with Gasteiger partial charge >= 0.3 is 17.9 Å². The maximum Gasteiger partial charge on any atom is 0.374 e. The number of nitrogens with two attached hydrogens (primary N) is 1. The molecule has 2 aromatic heterocycles. The molecule has 6 fully saturated rings. The van der Waals surface area contributed by atoms with Crippen LogP contribution in [0.2, 0.25) is 0 Å². The van der Waals surface area contributed by atoms with E-state index in [-0.39, 0.29) is 49.3 Å². The van der Waals surface area contributed by atoms with Gasteiger partial charge in [-0.05, 0) is 115 Å². The van der Waals surface area contributed by atoms with Crippen LogP contribution in [0.4, 0.5) is 0 Å². The van der Waals surface area contributed by atoms with Crippen LogP contribution in [-0.4, -0.2) is 156 Å². The molecule has 66 heavy (non-hydrogen) atoms. The summed E-state index contributed by atoms with van der Waals surface area (Å²) in [6.45, 7) is 11.3. The predicted molar refractivity (Wildman–Crippen MR) is 229 cm³/mol. The largest absolute Gasteiger partial charge is 0.461 e. The minimum atomic E-state index is -1.21. The van der Waals surface area contributed by atoms with Gasteiger partial charge < -0.3 is 67.4 Å². The third-order valence-electron chi connectivity index (χ3n) is 12.8. The van der Waals surface area contributed by atoms with Gasteiger partial charge in [0.25, 0.3) is 0 Å². The zero-order valence-electron chi connectivity index (χ0n) is 38.0. The fraction of sp³-hybridized carbons (Fsp3) is 0.638. The summed E-state index contributed by atoms with van der Waals surface area (Å²) in [6.07, 6.45) is 0.898. The topological polar surface area (TPSA) is 234 Å². The molecule has 6 aliphatic heterocycles. The molecular weight excluding hydrogens is 863 g/mol. The normalized spacial score (nSPS) is 32.3. The lowest BCUT2D eigenvalue weighted by molar-refractivity contribution is -0.297. The monoisotopic (exact) mass is 925 g/mol. The Kier molecular flexibility index (Phi) is 14.7. The standard InChI is InChI=1S/C28H35NO9.C19H28N2O7/c1-27(2)37-25-24(31)22(36-26(32)21-9-6-14-33-21)17-35-28(25,38-27)18-29-12-10-19(11-13-29)15-23(30)34-16-20-7-4-3-5-8-20;1-18(2)27-16-15(22)14(26-17(23)13-4-3-9-24-13)10-25-19(16,28-18)11-21-7-5-12(20)6-8-21/h3-9,14,19,22,24-25,31H,10-13,15-18H2,1-2H3;3-4,9,12,14-16,22H,5-8,10-11,20H2,1-2H3/t22-,24-,25+,28+;14-,15-,16+,19+/m11/s1. The van der Waals surface area contributed by atoms with Crippen LogP contribution >= 0.6 is 0 Å². The second-order valence-corrected chi connectivity index (χ2v) is 18.8. The SMILES string of the molecule is CC1(C)O[C@H]2[C@H](O)[C@H](OC(=O)c3ccco3)CO[C@@]2(CN2CCC(CC(=O)OCc3ccccc3)CC2)O1.CC1(C)O[C@H]2[C@H](O)[C@H](OC(=O)c3ccco3)CO[C@@]2(CN2CCC(N)CC2)O1. The molecule has 0 saturated carbocycles. The maximum atomic E-state index is 12.4. The van der Waals surface area contributed by atoms with Crippen molar-refractivity contribution >= 4 is 17.9 Å². The highest BCUT2D eigenvalue weighted by Gasteiger charge is 2.64. The number of aliphatic hydroxyl groups excluding tert-OH is 2. The van der Waals surface area contributed by atoms with Crippen molar-refractivity contribution in [3.8, 4) is 0 Å². The van der Waals surface area contributed by atoms with E-state index in [0.29, 0.717) is 19.5 Å². The molecule has 19 nitrogen and oxygen atoms in total. The van der Waals surface area contributed by atoms with Gasteiger partial charge in [-0.25, -0.2) is 9.59 Å². The van der Waals surface area contributed by atoms with E-state index in [1.165, 1.54) is 24.7 Å². The molecule has 9 rings (SSSR count). The van der Waals surface area contributed by atoms with Crippen LogP contribution in [-0.2, 0) is 54.0 Å². The number of hydrogen-bond donors (Lipinski definition) is 3. The Hall–Kier alpha value is -4.25. The van der Waals surface area contributed by atoms with E-state index < -0.39 is 71.7 Å². The number of piperidine rings is 2. The molecule has 8 atom stereocenters. The lowest BCUT2D eigenvalue weighted by atomic mass is 9.91. The van der Waals surface area contributed by atoms with Crippen LogP contribution in [0.25, 0.3) is 0 Å². The average Bonchev–Trinajstić information content (AvgIpc) is 4.11. The highest BCUT2D eigenvalue weighted by molar-refractivity contribution is 5.86. The summed E-state index contributed by atoms with van der Waals surface area (Å²) in [4.78, 5) is 41.3. The van der Waals surface area contributed by atoms with E-state index in [0.717, 1.165) is 57.4 Å². The first-order valence-corrected chi connectivity index (χ1v) is 22.8. The number of likely N-dealkylation sites (tertiary alicyclic amines) is 2. The molecule has 6 saturated heterocycles. The predicted octanol–water partition coefficient (Wildman–Crippen LogP) is 3.36. The van der Waals surface area contributed by atoms with Crippen LogP contribution in [0, 0.1) is 5.92 Å². The summed E-state index contributed by atoms with van der Waals surface area (Å²) in [7, 11) is 0. The molecule has 19 heteroatoms. The lowest BCUT2D eigenvalue weighted by Crippen LogP contribution is -2.64. The van der Waals surface area contributed by atoms with Gasteiger partial charge in [-0.2, -0.15) is 0 Å². The first-order chi connectivity index (χ1) is 31.5. The van der Waals surface area contributed by atoms with Crippen molar-refractivity contribution in [2.45, 2.75) is 132 Å². The second-order valence-electron chi connectivity index (χ2n) is 18.8. The zero-order chi connectivity index (χ0) is 46.7. The Labute approximate surface area is 383 Å². The average molecular weight is 926 g/mol. The fourth-order valence-electron chi connectivity index (χ4n) is 9.54. The van der Waals surface area contributed by atoms with Gasteiger partial charge in [-0.15, -0.1) is 0 Å². The Balaban J connectivity index is 0.000000188. The molecule has 362 valence electrons. The molecule has 0 unspecified atom stereocenters. The van der Waals surface area contributed by atoms with Gasteiger partial charge in [0, 0.05) is 12.5 Å². The molecule has 3 aromatic rings. The van der Waals surface area contributed by atoms with E-state index in [4.69, 9.17) is 57.2 Å². The first kappa shape index (κ1) is 48.2. The van der Waals surface area contributed by atoms with Gasteiger partial charge in [0.2, 0.25) is 23.1 Å². The number of aliphatic hydroxyl groups is 2. The summed E-state index contributed by atoms with van der Waals surface area (Å²) < 4.78 is 63.1. The number of carbonyl (C=O) groups is 3. The molecule has 0 bridgehead atoms. The van der Waals surface area contributed by atoms with Crippen LogP contribution < -0.4 is 5.73 Å². The third-order valence-corrected chi connectivity index (χ3v) is 12.8. The second kappa shape index (κ2) is 20.1. The lowest BCUT2D eigenvalue weighted by Gasteiger charge is -2.45. The number of fused-ring (bicyclic) bond motifs is 2. The Morgan fingerprint density at radius 1 is 0.682 bits per heavy atom. The van der Waals surface area contributed by atoms with E-state index in [1.807, 2.05) is 30.3 Å². The van der Waals surface area contributed by atoms with E-state index in [9.17, 15) is 24.6 Å². The summed E-state index contributed by atoms with van der Waals surface area (Å²) in [6, 6.07) is 16.0. The van der Waals surface area contributed by atoms with Gasteiger partial charge in [0.1, 0.15) is 31.0 Å². The molecule has 8 heterocycles. The van der Waals surface area contributed by atoms with Crippen molar-refractivity contribution in [3.63, 3.8) is 0 Å². The van der Waals surface area contributed by atoms with Crippen molar-refractivity contribution in [3.05, 3.63) is 84.2 Å². The highest BCUT2D eigenvalue weighted by atomic mass is 16.9. The first-order valence-electron chi connectivity index (χ1n) is 22.8. The van der Waals surface area contributed by atoms with Gasteiger partial charge in [0.05, 0.1) is 38.8 Å². The summed E-state index contributed by atoms with van der Waals surface area (Å²) in [5, 5.41) is 22.0. The summed E-state index contributed by atoms with van der Waals surface area (Å²) in [5.41, 5.74) is 6.97. The zero-order valence-corrected chi connectivity index (χ0v) is 38.0. The van der Waals surface area contributed by atoms with Crippen LogP contribution in [0.1, 0.15) is 86.5 Å². The number of hydrogen-bond acceptors (Lipinski definition) is 19. The molecular formula is C47H63N3O16. The molecule has 0 amide bonds. The minimum absolute atomic E-state index is 0.00307. The van der Waals surface area contributed by atoms with Crippen molar-refractivity contribution in [2.24, 2.45) is 11.7 Å². The maximum absolute atomic E-state index is 12.4. The van der Waals surface area contributed by atoms with E-state index >= 15 is 0 Å². The number of benzene rings is 1. The Morgan fingerprint density at radius 2 is 1.15 bits per heavy atom. The minimum Gasteiger partial charge on any atom is -0.461 e. The van der Waals surface area contributed by atoms with Crippen molar-refractivity contribution < 1.29 is 76.1 Å². The van der Waals surface area contributed by atoms with Crippen molar-refractivity contribution in [1.82, 2.24) is 9.80 Å². The Morgan fingerprint density at radius 3 is 1.61 bits per heavy atom. The van der Waals surface area contributed by atoms with Crippen LogP contribution in [0.5, 0.6) is 0 Å². The molecule has 0 radical (unpaired) electrons. The van der Waals surface area contributed by atoms with Crippen LogP contribution in [0.3, 0.4) is 0 Å². The number of rotatable bonds is 12. The summed E-state index contributed by atoms with van der Waals surface area (Å²) in [5.74, 6) is -5.44. The van der Waals surface area contributed by atoms with E-state index in [1.54, 1.807) is 39.8 Å². The highest BCUT2D eigenvalue weighted by Crippen LogP contribution is 2.45. The Bertz CT molecular complexity index is 2050. The van der Waals surface area contributed by atoms with E-state index in [2.05, 4.69) is 9.80 Å². The third kappa shape index (κ3) is 11.4. The molecule has 6 aliphatic rings. The number of esters is 3. The smallest absolute Gasteiger partial charge is 0.374 e. The van der Waals surface area contributed by atoms with Crippen LogP contribution in [0.15, 0.2) is 76.0 Å². The number of carbonyl (C=O) groups excluding carboxylic acids is 3. The molecule has 0 spiro atoms. The quantitative estimate of drug-likeness (QED) is 0.175. The fourth-order valence-corrected chi connectivity index (χ4v) is 9.54. The van der Waals surface area contributed by atoms with Gasteiger partial charge in [-0.3, -0.25) is 14.6 Å². The van der Waals surface area contributed by atoms with Gasteiger partial charge in [0.15, 0.2) is 23.8 Å².